The summed E-state index contributed by atoms with van der Waals surface area (Å²) in [6, 6.07) is 1.84. The maximum Gasteiger partial charge on any atom is 0.257 e. The number of nitrogens with one attached hydrogen (secondary N) is 1. The standard InChI is InChI=1S/C18H25N5O3S/c1-10-21-13(26-22-10)9-18(5)16(25)20-6-7-23(18)15(24)11-8-12(17(2,3)4)27-14(11)19/h8H,6-7,9,19H2,1-5H3,(H,20,25). The molecule has 9 heteroatoms. The van der Waals surface area contributed by atoms with Crippen molar-refractivity contribution in [3.05, 3.63) is 28.2 Å². The first kappa shape index (κ1) is 19.3. The van der Waals surface area contributed by atoms with Crippen LogP contribution in [-0.4, -0.2) is 45.5 Å². The van der Waals surface area contributed by atoms with E-state index in [0.29, 0.717) is 35.4 Å². The molecule has 0 aliphatic carbocycles. The van der Waals surface area contributed by atoms with Gasteiger partial charge in [0.2, 0.25) is 11.8 Å². The Labute approximate surface area is 162 Å². The van der Waals surface area contributed by atoms with E-state index in [-0.39, 0.29) is 23.7 Å². The molecule has 146 valence electrons. The molecule has 1 aliphatic rings. The van der Waals surface area contributed by atoms with Crippen LogP contribution in [0.2, 0.25) is 0 Å². The second-order valence-electron chi connectivity index (χ2n) is 8.04. The summed E-state index contributed by atoms with van der Waals surface area (Å²) in [6.07, 6.45) is 0.140. The van der Waals surface area contributed by atoms with Gasteiger partial charge in [-0.3, -0.25) is 9.59 Å². The molecule has 0 aromatic carbocycles. The van der Waals surface area contributed by atoms with Crippen LogP contribution >= 0.6 is 11.3 Å². The molecule has 8 nitrogen and oxygen atoms in total. The maximum absolute atomic E-state index is 13.3. The van der Waals surface area contributed by atoms with Crippen LogP contribution in [0.3, 0.4) is 0 Å². The number of aromatic nitrogens is 2. The monoisotopic (exact) mass is 391 g/mol. The first-order chi connectivity index (χ1) is 12.5. The lowest BCUT2D eigenvalue weighted by molar-refractivity contribution is -0.134. The summed E-state index contributed by atoms with van der Waals surface area (Å²) in [4.78, 5) is 32.8. The lowest BCUT2D eigenvalue weighted by atomic mass is 9.90. The molecule has 0 bridgehead atoms. The quantitative estimate of drug-likeness (QED) is 0.826. The molecule has 1 saturated heterocycles. The van der Waals surface area contributed by atoms with Gasteiger partial charge in [0.1, 0.15) is 5.54 Å². The minimum Gasteiger partial charge on any atom is -0.390 e. The second-order valence-corrected chi connectivity index (χ2v) is 9.12. The zero-order chi connectivity index (χ0) is 20.0. The molecule has 27 heavy (non-hydrogen) atoms. The van der Waals surface area contributed by atoms with Crippen LogP contribution in [0.25, 0.3) is 0 Å². The number of nitrogen functional groups attached to an aromatic ring is 1. The minimum atomic E-state index is -1.13. The molecular formula is C18H25N5O3S. The summed E-state index contributed by atoms with van der Waals surface area (Å²) in [5.74, 6) is 0.300. The smallest absolute Gasteiger partial charge is 0.257 e. The van der Waals surface area contributed by atoms with E-state index in [0.717, 1.165) is 4.88 Å². The molecule has 2 amide bonds. The SMILES string of the molecule is Cc1noc(CC2(C)C(=O)NCCN2C(=O)c2cc(C(C)(C)C)sc2N)n1. The fraction of sp³-hybridized carbons (Fsp3) is 0.556. The Bertz CT molecular complexity index is 882. The van der Waals surface area contributed by atoms with Gasteiger partial charge in [0.25, 0.3) is 5.91 Å². The van der Waals surface area contributed by atoms with Crippen LogP contribution in [-0.2, 0) is 16.6 Å². The Hall–Kier alpha value is -2.42. The van der Waals surface area contributed by atoms with Crippen molar-refractivity contribution in [3.8, 4) is 0 Å². The summed E-state index contributed by atoms with van der Waals surface area (Å²) in [6.45, 7) is 10.4. The van der Waals surface area contributed by atoms with Crippen molar-refractivity contribution in [2.75, 3.05) is 18.8 Å². The van der Waals surface area contributed by atoms with Crippen LogP contribution < -0.4 is 11.1 Å². The van der Waals surface area contributed by atoms with Gasteiger partial charge in [0, 0.05) is 18.0 Å². The van der Waals surface area contributed by atoms with Crippen molar-refractivity contribution in [1.29, 1.82) is 0 Å². The normalized spacial score (nSPS) is 20.6. The molecule has 3 heterocycles. The summed E-state index contributed by atoms with van der Waals surface area (Å²) in [5.41, 5.74) is 5.35. The van der Waals surface area contributed by atoms with Gasteiger partial charge in [0.05, 0.1) is 17.0 Å². The Kier molecular flexibility index (Phi) is 4.75. The van der Waals surface area contributed by atoms with E-state index in [1.165, 1.54) is 11.3 Å². The molecule has 1 unspecified atom stereocenters. The van der Waals surface area contributed by atoms with Crippen molar-refractivity contribution in [2.45, 2.75) is 52.0 Å². The van der Waals surface area contributed by atoms with E-state index >= 15 is 0 Å². The highest BCUT2D eigenvalue weighted by Gasteiger charge is 2.46. The van der Waals surface area contributed by atoms with Crippen molar-refractivity contribution in [2.24, 2.45) is 0 Å². The van der Waals surface area contributed by atoms with Crippen LogP contribution in [0.15, 0.2) is 10.6 Å². The summed E-state index contributed by atoms with van der Waals surface area (Å²) < 4.78 is 5.19. The van der Waals surface area contributed by atoms with Crippen LogP contribution in [0.1, 0.15) is 54.6 Å². The summed E-state index contributed by atoms with van der Waals surface area (Å²) >= 11 is 1.41. The van der Waals surface area contributed by atoms with E-state index in [2.05, 4.69) is 36.2 Å². The molecular weight excluding hydrogens is 366 g/mol. The molecule has 2 aromatic heterocycles. The average Bonchev–Trinajstić information content (AvgIpc) is 3.15. The number of nitrogens with zero attached hydrogens (tertiary/aromatic N) is 3. The lowest BCUT2D eigenvalue weighted by Gasteiger charge is -2.42. The maximum atomic E-state index is 13.3. The van der Waals surface area contributed by atoms with E-state index in [9.17, 15) is 9.59 Å². The molecule has 1 atom stereocenters. The van der Waals surface area contributed by atoms with Gasteiger partial charge in [-0.2, -0.15) is 4.98 Å². The van der Waals surface area contributed by atoms with Crippen molar-refractivity contribution >= 4 is 28.2 Å². The topological polar surface area (TPSA) is 114 Å². The number of piperazine rings is 1. The van der Waals surface area contributed by atoms with Gasteiger partial charge in [-0.25, -0.2) is 0 Å². The largest absolute Gasteiger partial charge is 0.390 e. The number of carbonyl (C=O) groups excluding carboxylic acids is 2. The van der Waals surface area contributed by atoms with E-state index in [1.807, 2.05) is 6.07 Å². The molecule has 2 aromatic rings. The zero-order valence-electron chi connectivity index (χ0n) is 16.3. The second kappa shape index (κ2) is 6.63. The third kappa shape index (κ3) is 3.55. The molecule has 1 fully saturated rings. The molecule has 0 saturated carbocycles. The summed E-state index contributed by atoms with van der Waals surface area (Å²) in [5, 5.41) is 7.06. The predicted molar refractivity (Wildman–Crippen MR) is 103 cm³/mol. The first-order valence-electron chi connectivity index (χ1n) is 8.81. The van der Waals surface area contributed by atoms with E-state index < -0.39 is 5.54 Å². The van der Waals surface area contributed by atoms with Gasteiger partial charge in [-0.15, -0.1) is 11.3 Å². The first-order valence-corrected chi connectivity index (χ1v) is 9.63. The number of aryl methyl sites for hydroxylation is 1. The third-order valence-corrected chi connectivity index (χ3v) is 6.14. The number of amides is 2. The van der Waals surface area contributed by atoms with Crippen molar-refractivity contribution in [3.63, 3.8) is 0 Å². The van der Waals surface area contributed by atoms with Gasteiger partial charge < -0.3 is 20.5 Å². The van der Waals surface area contributed by atoms with E-state index in [1.54, 1.807) is 18.7 Å². The van der Waals surface area contributed by atoms with Gasteiger partial charge in [-0.1, -0.05) is 25.9 Å². The van der Waals surface area contributed by atoms with Gasteiger partial charge >= 0.3 is 0 Å². The molecule has 0 spiro atoms. The molecule has 1 aliphatic heterocycles. The Morgan fingerprint density at radius 3 is 2.74 bits per heavy atom. The minimum absolute atomic E-state index is 0.110. The number of carbonyl (C=O) groups is 2. The zero-order valence-corrected chi connectivity index (χ0v) is 17.1. The lowest BCUT2D eigenvalue weighted by Crippen LogP contribution is -2.66. The Morgan fingerprint density at radius 2 is 2.19 bits per heavy atom. The van der Waals surface area contributed by atoms with Crippen LogP contribution in [0.4, 0.5) is 5.00 Å². The van der Waals surface area contributed by atoms with Crippen LogP contribution in [0.5, 0.6) is 0 Å². The molecule has 0 radical (unpaired) electrons. The number of nitrogens with two attached hydrogens (primary N) is 1. The molecule has 3 rings (SSSR count). The molecule has 3 N–H and O–H groups in total. The van der Waals surface area contributed by atoms with E-state index in [4.69, 9.17) is 10.3 Å². The number of hydrogen-bond acceptors (Lipinski definition) is 7. The third-order valence-electron chi connectivity index (χ3n) is 4.75. The predicted octanol–water partition coefficient (Wildman–Crippen LogP) is 1.89. The highest BCUT2D eigenvalue weighted by atomic mass is 32.1. The van der Waals surface area contributed by atoms with Crippen molar-refractivity contribution in [1.82, 2.24) is 20.4 Å². The van der Waals surface area contributed by atoms with Crippen LogP contribution in [0, 0.1) is 6.92 Å². The fourth-order valence-corrected chi connectivity index (χ4v) is 4.11. The van der Waals surface area contributed by atoms with Gasteiger partial charge in [0.15, 0.2) is 5.82 Å². The highest BCUT2D eigenvalue weighted by molar-refractivity contribution is 7.16. The summed E-state index contributed by atoms with van der Waals surface area (Å²) in [7, 11) is 0. The van der Waals surface area contributed by atoms with Crippen molar-refractivity contribution < 1.29 is 14.1 Å². The number of hydrogen-bond donors (Lipinski definition) is 2. The Balaban J connectivity index is 1.96. The Morgan fingerprint density at radius 1 is 1.48 bits per heavy atom. The fourth-order valence-electron chi connectivity index (χ4n) is 3.14. The number of rotatable bonds is 3. The number of thiophene rings is 1. The highest BCUT2D eigenvalue weighted by Crippen LogP contribution is 2.36. The number of anilines is 1. The average molecular weight is 391 g/mol. The van der Waals surface area contributed by atoms with Gasteiger partial charge in [-0.05, 0) is 25.3 Å².